The van der Waals surface area contributed by atoms with Crippen LogP contribution in [0.5, 0.6) is 0 Å². The molecule has 0 amide bonds. The van der Waals surface area contributed by atoms with Crippen LogP contribution in [0.3, 0.4) is 0 Å². The van der Waals surface area contributed by atoms with Gasteiger partial charge in [0.2, 0.25) is 10.0 Å². The Balaban J connectivity index is 2.23. The molecule has 1 aromatic rings. The third-order valence-electron chi connectivity index (χ3n) is 2.49. The van der Waals surface area contributed by atoms with Crippen molar-refractivity contribution in [2.24, 2.45) is 0 Å². The summed E-state index contributed by atoms with van der Waals surface area (Å²) in [6, 6.07) is 1.48. The highest BCUT2D eigenvalue weighted by molar-refractivity contribution is 7.99. The Hall–Kier alpha value is -0.500. The number of thioether (sulfide) groups is 1. The smallest absolute Gasteiger partial charge is 0.244 e. The Morgan fingerprint density at radius 1 is 1.44 bits per heavy atom. The molecule has 0 atom stereocenters. The van der Waals surface area contributed by atoms with Gasteiger partial charge in [0.05, 0.1) is 11.5 Å². The number of hydrogen-bond acceptors (Lipinski definition) is 4. The summed E-state index contributed by atoms with van der Waals surface area (Å²) in [5.41, 5.74) is 0.518. The summed E-state index contributed by atoms with van der Waals surface area (Å²) < 4.78 is 25.8. The van der Waals surface area contributed by atoms with Crippen molar-refractivity contribution in [2.75, 3.05) is 24.6 Å². The molecule has 0 spiro atoms. The maximum absolute atomic E-state index is 12.1. The SMILES string of the molecule is O=S(=O)(c1c[nH]c(CO)c1)N1CCSCC1. The standard InChI is InChI=1S/C9H14N2O3S2/c12-7-8-5-9(6-10-8)16(13,14)11-1-3-15-4-2-11/h5-6,10,12H,1-4,7H2. The van der Waals surface area contributed by atoms with Crippen LogP contribution in [0.15, 0.2) is 17.2 Å². The van der Waals surface area contributed by atoms with Gasteiger partial charge >= 0.3 is 0 Å². The van der Waals surface area contributed by atoms with Gasteiger partial charge in [-0.2, -0.15) is 16.1 Å². The van der Waals surface area contributed by atoms with E-state index in [-0.39, 0.29) is 11.5 Å². The largest absolute Gasteiger partial charge is 0.390 e. The lowest BCUT2D eigenvalue weighted by Crippen LogP contribution is -2.37. The highest BCUT2D eigenvalue weighted by Gasteiger charge is 2.26. The van der Waals surface area contributed by atoms with Crippen LogP contribution in [0.4, 0.5) is 0 Å². The van der Waals surface area contributed by atoms with E-state index in [1.165, 1.54) is 16.6 Å². The van der Waals surface area contributed by atoms with Crippen LogP contribution in [-0.4, -0.2) is 47.4 Å². The Labute approximate surface area is 98.9 Å². The van der Waals surface area contributed by atoms with Crippen LogP contribution in [0, 0.1) is 0 Å². The average Bonchev–Trinajstić information content (AvgIpc) is 2.79. The normalized spacial score (nSPS) is 18.8. The van der Waals surface area contributed by atoms with E-state index in [1.54, 1.807) is 11.8 Å². The fourth-order valence-corrected chi connectivity index (χ4v) is 4.19. The monoisotopic (exact) mass is 262 g/mol. The van der Waals surface area contributed by atoms with Crippen LogP contribution >= 0.6 is 11.8 Å². The van der Waals surface area contributed by atoms with Crippen LogP contribution in [0.1, 0.15) is 5.69 Å². The first-order valence-electron chi connectivity index (χ1n) is 5.00. The molecule has 0 aliphatic carbocycles. The molecule has 0 aromatic carbocycles. The molecule has 1 aliphatic heterocycles. The number of aliphatic hydroxyl groups excluding tert-OH is 1. The molecule has 1 aromatic heterocycles. The molecule has 0 bridgehead atoms. The lowest BCUT2D eigenvalue weighted by atomic mass is 10.5. The van der Waals surface area contributed by atoms with Gasteiger partial charge in [-0.25, -0.2) is 8.42 Å². The van der Waals surface area contributed by atoms with E-state index in [0.717, 1.165) is 11.5 Å². The van der Waals surface area contributed by atoms with Gasteiger partial charge in [-0.15, -0.1) is 0 Å². The van der Waals surface area contributed by atoms with Crippen LogP contribution in [0.2, 0.25) is 0 Å². The minimum atomic E-state index is -3.37. The first-order valence-corrected chi connectivity index (χ1v) is 7.60. The van der Waals surface area contributed by atoms with E-state index in [0.29, 0.717) is 18.8 Å². The van der Waals surface area contributed by atoms with Crippen molar-refractivity contribution in [3.63, 3.8) is 0 Å². The van der Waals surface area contributed by atoms with Gasteiger partial charge in [-0.3, -0.25) is 0 Å². The van der Waals surface area contributed by atoms with Crippen molar-refractivity contribution >= 4 is 21.8 Å². The zero-order valence-electron chi connectivity index (χ0n) is 8.72. The first kappa shape index (κ1) is 12.0. The number of aromatic amines is 1. The Morgan fingerprint density at radius 2 is 2.12 bits per heavy atom. The molecule has 2 rings (SSSR count). The molecule has 1 saturated heterocycles. The number of sulfonamides is 1. The lowest BCUT2D eigenvalue weighted by molar-refractivity contribution is 0.277. The Bertz CT molecular complexity index is 449. The zero-order valence-corrected chi connectivity index (χ0v) is 10.4. The van der Waals surface area contributed by atoms with Gasteiger partial charge in [0, 0.05) is 36.5 Å². The molecular formula is C9H14N2O3S2. The third-order valence-corrected chi connectivity index (χ3v) is 5.31. The molecular weight excluding hydrogens is 248 g/mol. The molecule has 0 radical (unpaired) electrons. The van der Waals surface area contributed by atoms with Crippen molar-refractivity contribution in [2.45, 2.75) is 11.5 Å². The van der Waals surface area contributed by atoms with Crippen molar-refractivity contribution in [3.05, 3.63) is 18.0 Å². The van der Waals surface area contributed by atoms with E-state index in [1.807, 2.05) is 0 Å². The van der Waals surface area contributed by atoms with Gasteiger partial charge in [0.15, 0.2) is 0 Å². The predicted molar refractivity (Wildman–Crippen MR) is 62.8 cm³/mol. The molecule has 90 valence electrons. The second-order valence-electron chi connectivity index (χ2n) is 3.54. The van der Waals surface area contributed by atoms with Gasteiger partial charge in [0.1, 0.15) is 0 Å². The maximum atomic E-state index is 12.1. The van der Waals surface area contributed by atoms with Crippen LogP contribution in [0.25, 0.3) is 0 Å². The number of nitrogens with zero attached hydrogens (tertiary/aromatic N) is 1. The minimum Gasteiger partial charge on any atom is -0.390 e. The molecule has 1 fully saturated rings. The molecule has 2 heterocycles. The molecule has 0 saturated carbocycles. The summed E-state index contributed by atoms with van der Waals surface area (Å²) in [6.45, 7) is 0.949. The lowest BCUT2D eigenvalue weighted by Gasteiger charge is -2.24. The summed E-state index contributed by atoms with van der Waals surface area (Å²) in [4.78, 5) is 2.98. The van der Waals surface area contributed by atoms with Gasteiger partial charge in [0.25, 0.3) is 0 Å². The zero-order chi connectivity index (χ0) is 11.6. The molecule has 16 heavy (non-hydrogen) atoms. The van der Waals surface area contributed by atoms with Crippen LogP contribution in [-0.2, 0) is 16.6 Å². The topological polar surface area (TPSA) is 73.4 Å². The highest BCUT2D eigenvalue weighted by Crippen LogP contribution is 2.20. The second kappa shape index (κ2) is 4.79. The maximum Gasteiger partial charge on any atom is 0.244 e. The molecule has 0 unspecified atom stereocenters. The van der Waals surface area contributed by atoms with Crippen molar-refractivity contribution in [1.82, 2.24) is 9.29 Å². The number of aromatic nitrogens is 1. The van der Waals surface area contributed by atoms with E-state index in [9.17, 15) is 8.42 Å². The number of hydrogen-bond donors (Lipinski definition) is 2. The number of nitrogens with one attached hydrogen (secondary N) is 1. The number of aliphatic hydroxyl groups is 1. The summed E-state index contributed by atoms with van der Waals surface area (Å²) in [6.07, 6.45) is 1.43. The van der Waals surface area contributed by atoms with Crippen molar-refractivity contribution < 1.29 is 13.5 Å². The average molecular weight is 262 g/mol. The highest BCUT2D eigenvalue weighted by atomic mass is 32.2. The van der Waals surface area contributed by atoms with Crippen LogP contribution < -0.4 is 0 Å². The fraction of sp³-hybridized carbons (Fsp3) is 0.556. The summed E-state index contributed by atoms with van der Waals surface area (Å²) in [5, 5.41) is 8.88. The molecule has 7 heteroatoms. The first-order chi connectivity index (χ1) is 7.64. The van der Waals surface area contributed by atoms with Crippen molar-refractivity contribution in [3.8, 4) is 0 Å². The Morgan fingerprint density at radius 3 is 2.69 bits per heavy atom. The van der Waals surface area contributed by atoms with E-state index < -0.39 is 10.0 Å². The molecule has 2 N–H and O–H groups in total. The molecule has 5 nitrogen and oxygen atoms in total. The van der Waals surface area contributed by atoms with Gasteiger partial charge in [-0.1, -0.05) is 0 Å². The van der Waals surface area contributed by atoms with E-state index >= 15 is 0 Å². The minimum absolute atomic E-state index is 0.175. The third kappa shape index (κ3) is 2.27. The van der Waals surface area contributed by atoms with E-state index in [2.05, 4.69) is 4.98 Å². The number of rotatable bonds is 3. The quantitative estimate of drug-likeness (QED) is 0.818. The van der Waals surface area contributed by atoms with Gasteiger partial charge < -0.3 is 10.1 Å². The fourth-order valence-electron chi connectivity index (χ4n) is 1.60. The summed E-state index contributed by atoms with van der Waals surface area (Å²) in [5.74, 6) is 1.69. The van der Waals surface area contributed by atoms with Gasteiger partial charge in [-0.05, 0) is 6.07 Å². The second-order valence-corrected chi connectivity index (χ2v) is 6.70. The summed E-state index contributed by atoms with van der Waals surface area (Å²) in [7, 11) is -3.37. The predicted octanol–water partition coefficient (Wildman–Crippen LogP) is 0.245. The van der Waals surface area contributed by atoms with Crippen molar-refractivity contribution in [1.29, 1.82) is 0 Å². The Kier molecular flexibility index (Phi) is 3.58. The number of H-pyrrole nitrogens is 1. The molecule has 1 aliphatic rings. The summed E-state index contributed by atoms with van der Waals surface area (Å²) >= 11 is 1.77. The van der Waals surface area contributed by atoms with E-state index in [4.69, 9.17) is 5.11 Å².